The van der Waals surface area contributed by atoms with Gasteiger partial charge in [0.2, 0.25) is 11.8 Å². The lowest BCUT2D eigenvalue weighted by Crippen LogP contribution is -2.47. The summed E-state index contributed by atoms with van der Waals surface area (Å²) < 4.78 is 6.01. The Morgan fingerprint density at radius 3 is 1.55 bits per heavy atom. The van der Waals surface area contributed by atoms with E-state index in [1.807, 2.05) is 0 Å². The van der Waals surface area contributed by atoms with E-state index in [1.54, 1.807) is 0 Å². The summed E-state index contributed by atoms with van der Waals surface area (Å²) >= 11 is 0. The number of ether oxygens (including phenoxy) is 1. The first-order valence-electron chi connectivity index (χ1n) is 21.1. The van der Waals surface area contributed by atoms with Crippen LogP contribution in [-0.2, 0) is 23.9 Å². The Morgan fingerprint density at radius 2 is 1.04 bits per heavy atom. The van der Waals surface area contributed by atoms with Crippen LogP contribution in [0.5, 0.6) is 0 Å². The van der Waals surface area contributed by atoms with Gasteiger partial charge in [-0.2, -0.15) is 0 Å². The van der Waals surface area contributed by atoms with Crippen LogP contribution in [0.3, 0.4) is 0 Å². The van der Waals surface area contributed by atoms with E-state index in [4.69, 9.17) is 14.9 Å². The summed E-state index contributed by atoms with van der Waals surface area (Å²) in [6.07, 6.45) is 38.1. The number of hydrogen-bond donors (Lipinski definition) is 4. The third kappa shape index (κ3) is 34.4. The van der Waals surface area contributed by atoms with E-state index in [1.165, 1.54) is 109 Å². The first-order valence-corrected chi connectivity index (χ1v) is 21.1. The molecule has 0 saturated heterocycles. The molecule has 0 aromatic heterocycles. The van der Waals surface area contributed by atoms with Crippen LogP contribution in [0.25, 0.3) is 0 Å². The molecule has 0 spiro atoms. The first kappa shape index (κ1) is 48.6. The van der Waals surface area contributed by atoms with Gasteiger partial charge in [-0.1, -0.05) is 148 Å². The Balaban J connectivity index is 4.29. The Labute approximate surface area is 311 Å². The minimum atomic E-state index is -1.38. The standard InChI is InChI=1S/C42H78N2O7/c1-3-5-7-9-11-13-15-16-17-18-20-23-27-31-37(51-41(48)34-30-26-21-19-14-12-10-8-6-4-2)32-28-24-22-25-29-33-39(46)43-35-40(47)44-38(36-45)42(49)50/h8,10,37-38,45H,3-7,9,11-36H2,1-2H3,(H,43,46)(H,44,47)(H,49,50)/b10-8-. The van der Waals surface area contributed by atoms with Crippen molar-refractivity contribution >= 4 is 23.8 Å². The fourth-order valence-corrected chi connectivity index (χ4v) is 6.25. The SMILES string of the molecule is CCC/C=C\CCCCCCCC(=O)OC(CCCCCCCCCCCCCCC)CCCCCCCC(=O)NCC(=O)NC(CO)C(=O)O. The molecule has 298 valence electrons. The van der Waals surface area contributed by atoms with Gasteiger partial charge in [-0.3, -0.25) is 14.4 Å². The lowest BCUT2D eigenvalue weighted by atomic mass is 10.0. The number of esters is 1. The van der Waals surface area contributed by atoms with E-state index in [0.717, 1.165) is 64.2 Å². The molecule has 0 heterocycles. The van der Waals surface area contributed by atoms with E-state index in [2.05, 4.69) is 36.6 Å². The molecule has 2 atom stereocenters. The quantitative estimate of drug-likeness (QED) is 0.0282. The van der Waals surface area contributed by atoms with Crippen molar-refractivity contribution in [1.29, 1.82) is 0 Å². The van der Waals surface area contributed by atoms with Crippen LogP contribution in [0, 0.1) is 0 Å². The zero-order valence-corrected chi connectivity index (χ0v) is 32.9. The molecule has 0 aromatic carbocycles. The van der Waals surface area contributed by atoms with Crippen LogP contribution in [0.1, 0.15) is 206 Å². The molecule has 0 aromatic rings. The number of allylic oxidation sites excluding steroid dienone is 2. The lowest BCUT2D eigenvalue weighted by Gasteiger charge is -2.18. The van der Waals surface area contributed by atoms with E-state index in [0.29, 0.717) is 19.3 Å². The largest absolute Gasteiger partial charge is 0.480 e. The molecule has 0 aliphatic heterocycles. The number of carboxylic acids is 1. The summed E-state index contributed by atoms with van der Waals surface area (Å²) in [4.78, 5) is 47.5. The second-order valence-corrected chi connectivity index (χ2v) is 14.4. The fourth-order valence-electron chi connectivity index (χ4n) is 6.25. The molecule has 4 N–H and O–H groups in total. The number of amides is 2. The summed E-state index contributed by atoms with van der Waals surface area (Å²) in [5.41, 5.74) is 0. The molecule has 2 amide bonds. The van der Waals surface area contributed by atoms with E-state index >= 15 is 0 Å². The third-order valence-corrected chi connectivity index (χ3v) is 9.49. The summed E-state index contributed by atoms with van der Waals surface area (Å²) in [5, 5.41) is 22.5. The predicted octanol–water partition coefficient (Wildman–Crippen LogP) is 9.88. The van der Waals surface area contributed by atoms with Crippen molar-refractivity contribution < 1.29 is 34.1 Å². The van der Waals surface area contributed by atoms with Crippen molar-refractivity contribution in [2.24, 2.45) is 0 Å². The van der Waals surface area contributed by atoms with Crippen molar-refractivity contribution in [3.8, 4) is 0 Å². The van der Waals surface area contributed by atoms with Gasteiger partial charge in [0, 0.05) is 12.8 Å². The minimum absolute atomic E-state index is 0.0106. The van der Waals surface area contributed by atoms with Gasteiger partial charge in [0.1, 0.15) is 12.1 Å². The van der Waals surface area contributed by atoms with Crippen molar-refractivity contribution in [1.82, 2.24) is 10.6 Å². The fraction of sp³-hybridized carbons (Fsp3) is 0.857. The van der Waals surface area contributed by atoms with Crippen LogP contribution < -0.4 is 10.6 Å². The maximum Gasteiger partial charge on any atom is 0.328 e. The second kappa shape index (κ2) is 37.3. The number of carbonyl (C=O) groups is 4. The lowest BCUT2D eigenvalue weighted by molar-refractivity contribution is -0.150. The average Bonchev–Trinajstić information content (AvgIpc) is 3.11. The number of carbonyl (C=O) groups excluding carboxylic acids is 3. The monoisotopic (exact) mass is 723 g/mol. The van der Waals surface area contributed by atoms with Gasteiger partial charge < -0.3 is 25.6 Å². The Morgan fingerprint density at radius 1 is 0.569 bits per heavy atom. The normalized spacial score (nSPS) is 12.5. The number of rotatable bonds is 38. The zero-order valence-electron chi connectivity index (χ0n) is 32.9. The average molecular weight is 723 g/mol. The number of aliphatic hydroxyl groups is 1. The molecule has 0 saturated carbocycles. The smallest absolute Gasteiger partial charge is 0.328 e. The molecule has 0 fully saturated rings. The highest BCUT2D eigenvalue weighted by molar-refractivity contribution is 5.87. The Kier molecular flexibility index (Phi) is 35.6. The molecular formula is C42H78N2O7. The number of aliphatic carboxylic acids is 1. The number of unbranched alkanes of at least 4 members (excludes halogenated alkanes) is 22. The van der Waals surface area contributed by atoms with Gasteiger partial charge >= 0.3 is 11.9 Å². The Bertz CT molecular complexity index is 879. The number of hydrogen-bond acceptors (Lipinski definition) is 6. The van der Waals surface area contributed by atoms with Gasteiger partial charge in [-0.15, -0.1) is 0 Å². The van der Waals surface area contributed by atoms with Gasteiger partial charge in [-0.25, -0.2) is 4.79 Å². The highest BCUT2D eigenvalue weighted by Gasteiger charge is 2.19. The summed E-state index contributed by atoms with van der Waals surface area (Å²) in [7, 11) is 0. The first-order chi connectivity index (χ1) is 24.8. The minimum Gasteiger partial charge on any atom is -0.480 e. The number of aliphatic hydroxyl groups excluding tert-OH is 1. The maximum atomic E-state index is 12.7. The molecule has 51 heavy (non-hydrogen) atoms. The van der Waals surface area contributed by atoms with Crippen molar-refractivity contribution in [3.63, 3.8) is 0 Å². The van der Waals surface area contributed by atoms with Crippen LogP contribution >= 0.6 is 0 Å². The molecule has 0 aliphatic carbocycles. The van der Waals surface area contributed by atoms with Crippen molar-refractivity contribution in [2.75, 3.05) is 13.2 Å². The predicted molar refractivity (Wildman–Crippen MR) is 209 cm³/mol. The van der Waals surface area contributed by atoms with E-state index in [9.17, 15) is 19.2 Å². The maximum absolute atomic E-state index is 12.7. The molecular weight excluding hydrogens is 644 g/mol. The zero-order chi connectivity index (χ0) is 37.6. The van der Waals surface area contributed by atoms with Gasteiger partial charge in [0.25, 0.3) is 0 Å². The molecule has 9 nitrogen and oxygen atoms in total. The number of carboxylic acid groups (broad SMARTS) is 1. The van der Waals surface area contributed by atoms with Gasteiger partial charge in [-0.05, 0) is 57.8 Å². The highest BCUT2D eigenvalue weighted by atomic mass is 16.5. The molecule has 0 bridgehead atoms. The van der Waals surface area contributed by atoms with Crippen LogP contribution in [0.15, 0.2) is 12.2 Å². The van der Waals surface area contributed by atoms with Crippen LogP contribution in [0.4, 0.5) is 0 Å². The van der Waals surface area contributed by atoms with Crippen LogP contribution in [0.2, 0.25) is 0 Å². The topological polar surface area (TPSA) is 142 Å². The van der Waals surface area contributed by atoms with Crippen molar-refractivity contribution in [2.45, 2.75) is 219 Å². The van der Waals surface area contributed by atoms with E-state index in [-0.39, 0.29) is 24.5 Å². The number of nitrogens with one attached hydrogen (secondary N) is 2. The highest BCUT2D eigenvalue weighted by Crippen LogP contribution is 2.19. The summed E-state index contributed by atoms with van der Waals surface area (Å²) in [6, 6.07) is -1.38. The Hall–Kier alpha value is -2.42. The summed E-state index contributed by atoms with van der Waals surface area (Å²) in [5.74, 6) is -2.29. The third-order valence-electron chi connectivity index (χ3n) is 9.49. The van der Waals surface area contributed by atoms with Crippen molar-refractivity contribution in [3.05, 3.63) is 12.2 Å². The molecule has 9 heteroatoms. The van der Waals surface area contributed by atoms with Gasteiger partial charge in [0.15, 0.2) is 0 Å². The molecule has 2 unspecified atom stereocenters. The summed E-state index contributed by atoms with van der Waals surface area (Å²) in [6.45, 7) is 3.43. The molecule has 0 aliphatic rings. The molecule has 0 radical (unpaired) electrons. The van der Waals surface area contributed by atoms with Crippen LogP contribution in [-0.4, -0.2) is 59.3 Å². The second-order valence-electron chi connectivity index (χ2n) is 14.4. The van der Waals surface area contributed by atoms with E-state index < -0.39 is 24.5 Å². The molecule has 0 rings (SSSR count). The van der Waals surface area contributed by atoms with Gasteiger partial charge in [0.05, 0.1) is 13.2 Å².